The number of fused-ring (bicyclic) bond motifs is 2. The van der Waals surface area contributed by atoms with Crippen LogP contribution < -0.4 is 28.5 Å². The van der Waals surface area contributed by atoms with E-state index in [1.165, 1.54) is 38.7 Å². The molecule has 1 aromatic heterocycles. The zero-order chi connectivity index (χ0) is 24.9. The lowest BCUT2D eigenvalue weighted by Gasteiger charge is -2.12. The first-order valence-electron chi connectivity index (χ1n) is 10.6. The molecular weight excluding hydrogens is 476 g/mol. The molecule has 4 rings (SSSR count). The molecule has 0 unspecified atom stereocenters. The fourth-order valence-electron chi connectivity index (χ4n) is 3.53. The van der Waals surface area contributed by atoms with Crippen LogP contribution in [-0.2, 0) is 20.9 Å². The molecule has 1 aliphatic rings. The molecule has 35 heavy (non-hydrogen) atoms. The molecule has 0 N–H and O–H groups in total. The van der Waals surface area contributed by atoms with Crippen molar-refractivity contribution in [2.75, 3.05) is 34.7 Å². The Labute approximate surface area is 204 Å². The van der Waals surface area contributed by atoms with Crippen LogP contribution in [0.4, 0.5) is 0 Å². The van der Waals surface area contributed by atoms with Crippen LogP contribution in [-0.4, -0.2) is 51.2 Å². The number of hydrogen-bond donors (Lipinski definition) is 0. The molecule has 0 spiro atoms. The fraction of sp³-hybridized carbons (Fsp3) is 0.292. The van der Waals surface area contributed by atoms with Crippen LogP contribution in [0.1, 0.15) is 12.5 Å². The van der Waals surface area contributed by atoms with Gasteiger partial charge in [0.1, 0.15) is 6.54 Å². The molecule has 2 aromatic carbocycles. The van der Waals surface area contributed by atoms with Crippen molar-refractivity contribution in [3.63, 3.8) is 0 Å². The average Bonchev–Trinajstić information content (AvgIpc) is 3.44. The number of carbonyl (C=O) groups is 2. The van der Waals surface area contributed by atoms with Crippen LogP contribution >= 0.6 is 11.3 Å². The van der Waals surface area contributed by atoms with E-state index in [-0.39, 0.29) is 19.9 Å². The molecule has 0 bridgehead atoms. The first-order valence-corrected chi connectivity index (χ1v) is 11.4. The third-order valence-electron chi connectivity index (χ3n) is 5.08. The summed E-state index contributed by atoms with van der Waals surface area (Å²) in [6.07, 6.45) is 2.92. The van der Waals surface area contributed by atoms with Crippen molar-refractivity contribution >= 4 is 39.5 Å². The molecule has 184 valence electrons. The molecule has 0 fully saturated rings. The number of carbonyl (C=O) groups excluding carboxylic acids is 2. The standard InChI is InChI=1S/C24H24N2O8S/c1-5-32-22(28)12-26-15-10-16-17(34-13-33-16)11-20(15)35-24(26)25-21(27)7-6-14-8-18(29-2)23(31-4)19(9-14)30-3/h6-11H,5,12-13H2,1-4H3/b7-6-,25-24?. The van der Waals surface area contributed by atoms with Gasteiger partial charge in [0.15, 0.2) is 27.8 Å². The van der Waals surface area contributed by atoms with Crippen LogP contribution in [0.25, 0.3) is 16.3 Å². The average molecular weight is 501 g/mol. The Kier molecular flexibility index (Phi) is 7.25. The predicted molar refractivity (Wildman–Crippen MR) is 128 cm³/mol. The van der Waals surface area contributed by atoms with Crippen LogP contribution in [0.3, 0.4) is 0 Å². The Morgan fingerprint density at radius 1 is 1.06 bits per heavy atom. The molecule has 1 amide bonds. The Morgan fingerprint density at radius 2 is 1.74 bits per heavy atom. The smallest absolute Gasteiger partial charge is 0.326 e. The van der Waals surface area contributed by atoms with Crippen LogP contribution in [0, 0.1) is 0 Å². The minimum Gasteiger partial charge on any atom is -0.493 e. The molecule has 0 atom stereocenters. The summed E-state index contributed by atoms with van der Waals surface area (Å²) in [5, 5.41) is 0. The van der Waals surface area contributed by atoms with Gasteiger partial charge in [0.05, 0.1) is 38.2 Å². The van der Waals surface area contributed by atoms with Crippen molar-refractivity contribution in [3.05, 3.63) is 40.7 Å². The first-order chi connectivity index (χ1) is 17.0. The summed E-state index contributed by atoms with van der Waals surface area (Å²) in [7, 11) is 4.55. The Bertz CT molecular complexity index is 1350. The van der Waals surface area contributed by atoms with Crippen molar-refractivity contribution in [1.29, 1.82) is 0 Å². The highest BCUT2D eigenvalue weighted by atomic mass is 32.1. The number of thiazole rings is 1. The maximum absolute atomic E-state index is 12.7. The third-order valence-corrected chi connectivity index (χ3v) is 6.12. The summed E-state index contributed by atoms with van der Waals surface area (Å²) >= 11 is 1.26. The second-order valence-electron chi connectivity index (χ2n) is 7.19. The molecule has 0 aliphatic carbocycles. The molecular formula is C24H24N2O8S. The van der Waals surface area contributed by atoms with E-state index in [4.69, 9.17) is 28.4 Å². The molecule has 0 radical (unpaired) electrons. The highest BCUT2D eigenvalue weighted by Gasteiger charge is 2.19. The summed E-state index contributed by atoms with van der Waals surface area (Å²) in [5.74, 6) is 1.59. The van der Waals surface area contributed by atoms with Gasteiger partial charge in [-0.05, 0) is 30.7 Å². The third kappa shape index (κ3) is 5.09. The first kappa shape index (κ1) is 24.1. The number of amides is 1. The number of aromatic nitrogens is 1. The van der Waals surface area contributed by atoms with Crippen molar-refractivity contribution in [2.24, 2.45) is 4.99 Å². The van der Waals surface area contributed by atoms with E-state index in [0.29, 0.717) is 44.6 Å². The van der Waals surface area contributed by atoms with Gasteiger partial charge in [-0.15, -0.1) is 0 Å². The quantitative estimate of drug-likeness (QED) is 0.343. The van der Waals surface area contributed by atoms with Crippen molar-refractivity contribution < 1.29 is 38.0 Å². The van der Waals surface area contributed by atoms with E-state index in [1.54, 1.807) is 41.8 Å². The molecule has 10 nitrogen and oxygen atoms in total. The topological polar surface area (TPSA) is 107 Å². The summed E-state index contributed by atoms with van der Waals surface area (Å²) in [6.45, 7) is 2.01. The SMILES string of the molecule is CCOC(=O)Cn1c(=NC(=O)/C=C\c2cc(OC)c(OC)c(OC)c2)sc2cc3c(cc21)OCO3. The summed E-state index contributed by atoms with van der Waals surface area (Å²) in [4.78, 5) is 29.6. The van der Waals surface area contributed by atoms with Gasteiger partial charge in [-0.1, -0.05) is 11.3 Å². The van der Waals surface area contributed by atoms with E-state index in [1.807, 2.05) is 0 Å². The lowest BCUT2D eigenvalue weighted by Crippen LogP contribution is -2.22. The molecule has 0 saturated heterocycles. The normalized spacial score (nSPS) is 12.9. The van der Waals surface area contributed by atoms with Crippen LogP contribution in [0.5, 0.6) is 28.7 Å². The fourth-order valence-corrected chi connectivity index (χ4v) is 4.58. The second-order valence-corrected chi connectivity index (χ2v) is 8.20. The maximum atomic E-state index is 12.7. The minimum atomic E-state index is -0.511. The summed E-state index contributed by atoms with van der Waals surface area (Å²) in [6, 6.07) is 7.00. The van der Waals surface area contributed by atoms with Crippen molar-refractivity contribution in [2.45, 2.75) is 13.5 Å². The van der Waals surface area contributed by atoms with Gasteiger partial charge in [0, 0.05) is 18.2 Å². The largest absolute Gasteiger partial charge is 0.493 e. The number of methoxy groups -OCH3 is 3. The lowest BCUT2D eigenvalue weighted by atomic mass is 10.1. The van der Waals surface area contributed by atoms with Gasteiger partial charge in [0.2, 0.25) is 12.5 Å². The Morgan fingerprint density at radius 3 is 2.37 bits per heavy atom. The second kappa shape index (κ2) is 10.5. The highest BCUT2D eigenvalue weighted by molar-refractivity contribution is 7.16. The maximum Gasteiger partial charge on any atom is 0.326 e. The molecule has 1 aliphatic heterocycles. The Hall–Kier alpha value is -3.99. The predicted octanol–water partition coefficient (Wildman–Crippen LogP) is 3.16. The number of rotatable bonds is 8. The molecule has 3 aromatic rings. The van der Waals surface area contributed by atoms with E-state index >= 15 is 0 Å². The van der Waals surface area contributed by atoms with Crippen molar-refractivity contribution in [1.82, 2.24) is 4.57 Å². The molecule has 2 heterocycles. The van der Waals surface area contributed by atoms with Gasteiger partial charge >= 0.3 is 5.97 Å². The van der Waals surface area contributed by atoms with E-state index in [2.05, 4.69) is 4.99 Å². The van der Waals surface area contributed by atoms with Gasteiger partial charge < -0.3 is 33.0 Å². The molecule has 0 saturated carbocycles. The van der Waals surface area contributed by atoms with Crippen LogP contribution in [0.15, 0.2) is 35.3 Å². The number of ether oxygens (including phenoxy) is 6. The molecule has 11 heteroatoms. The van der Waals surface area contributed by atoms with Gasteiger partial charge in [-0.3, -0.25) is 9.59 Å². The number of benzene rings is 2. The highest BCUT2D eigenvalue weighted by Crippen LogP contribution is 2.39. The number of esters is 1. The van der Waals surface area contributed by atoms with Crippen molar-refractivity contribution in [3.8, 4) is 28.7 Å². The van der Waals surface area contributed by atoms with Gasteiger partial charge in [0.25, 0.3) is 5.91 Å². The summed E-state index contributed by atoms with van der Waals surface area (Å²) < 4.78 is 34.4. The van der Waals surface area contributed by atoms with Crippen LogP contribution in [0.2, 0.25) is 0 Å². The number of nitrogens with zero attached hydrogens (tertiary/aromatic N) is 2. The summed E-state index contributed by atoms with van der Waals surface area (Å²) in [5.41, 5.74) is 1.34. The number of hydrogen-bond acceptors (Lipinski definition) is 9. The zero-order valence-electron chi connectivity index (χ0n) is 19.7. The Balaban J connectivity index is 1.70. The van der Waals surface area contributed by atoms with E-state index in [9.17, 15) is 9.59 Å². The monoisotopic (exact) mass is 500 g/mol. The zero-order valence-corrected chi connectivity index (χ0v) is 20.5. The minimum absolute atomic E-state index is 0.101. The van der Waals surface area contributed by atoms with E-state index < -0.39 is 11.9 Å². The van der Waals surface area contributed by atoms with E-state index in [0.717, 1.165) is 4.70 Å². The van der Waals surface area contributed by atoms with Gasteiger partial charge in [-0.25, -0.2) is 0 Å². The lowest BCUT2D eigenvalue weighted by molar-refractivity contribution is -0.143. The van der Waals surface area contributed by atoms with Gasteiger partial charge in [-0.2, -0.15) is 4.99 Å².